The Morgan fingerprint density at radius 1 is 1.47 bits per heavy atom. The molecule has 0 saturated heterocycles. The number of thiazole rings is 1. The number of amides is 1. The molecule has 2 aromatic heterocycles. The van der Waals surface area contributed by atoms with Gasteiger partial charge in [-0.15, -0.1) is 11.3 Å². The van der Waals surface area contributed by atoms with Crippen molar-refractivity contribution in [2.24, 2.45) is 0 Å². The number of aromatic nitrogens is 2. The van der Waals surface area contributed by atoms with Crippen LogP contribution in [0.15, 0.2) is 24.4 Å². The zero-order valence-corrected chi connectivity index (χ0v) is 11.7. The van der Waals surface area contributed by atoms with E-state index in [4.69, 9.17) is 0 Å². The molecule has 0 saturated carbocycles. The van der Waals surface area contributed by atoms with Crippen LogP contribution in [0, 0.1) is 6.92 Å². The van der Waals surface area contributed by atoms with Crippen molar-refractivity contribution in [3.05, 3.63) is 35.0 Å². The van der Waals surface area contributed by atoms with Crippen LogP contribution in [0.5, 0.6) is 0 Å². The molecule has 0 bridgehead atoms. The van der Waals surface area contributed by atoms with E-state index in [2.05, 4.69) is 20.0 Å². The smallest absolute Gasteiger partial charge is 0.406 e. The molecule has 1 N–H and O–H groups in total. The molecule has 0 fully saturated rings. The average molecular weight is 277 g/mol. The lowest BCUT2D eigenvalue weighted by atomic mass is 10.3. The molecule has 19 heavy (non-hydrogen) atoms. The molecule has 1 amide bonds. The molecule has 5 nitrogen and oxygen atoms in total. The summed E-state index contributed by atoms with van der Waals surface area (Å²) in [5, 5.41) is 3.57. The molecular formula is C13H15N3O2S. The second-order valence-corrected chi connectivity index (χ2v) is 4.99. The summed E-state index contributed by atoms with van der Waals surface area (Å²) in [6.07, 6.45) is 2.09. The molecule has 0 unspecified atom stereocenters. The van der Waals surface area contributed by atoms with Gasteiger partial charge in [-0.2, -0.15) is 0 Å². The fourth-order valence-corrected chi connectivity index (χ4v) is 2.65. The Labute approximate surface area is 115 Å². The van der Waals surface area contributed by atoms with E-state index in [9.17, 15) is 4.79 Å². The van der Waals surface area contributed by atoms with Gasteiger partial charge in [0.2, 0.25) is 0 Å². The number of ether oxygens (including phenoxy) is 1. The van der Waals surface area contributed by atoms with Crippen molar-refractivity contribution >= 4 is 17.4 Å². The number of alkyl carbamates (subject to hydrolysis) is 1. The van der Waals surface area contributed by atoms with Crippen LogP contribution >= 0.6 is 11.3 Å². The first-order chi connectivity index (χ1) is 9.20. The number of carbonyl (C=O) groups excluding carboxylic acids is 1. The second-order valence-electron chi connectivity index (χ2n) is 3.91. The SMILES string of the molecule is COC(=O)NCCc1sc(-c2ccccn2)nc1C. The van der Waals surface area contributed by atoms with Crippen LogP contribution in [0.3, 0.4) is 0 Å². The normalized spacial score (nSPS) is 10.2. The molecule has 6 heteroatoms. The zero-order chi connectivity index (χ0) is 13.7. The summed E-state index contributed by atoms with van der Waals surface area (Å²) in [6, 6.07) is 5.76. The lowest BCUT2D eigenvalue weighted by Crippen LogP contribution is -2.25. The first-order valence-corrected chi connectivity index (χ1v) is 6.72. The third kappa shape index (κ3) is 3.51. The number of hydrogen-bond acceptors (Lipinski definition) is 5. The van der Waals surface area contributed by atoms with Gasteiger partial charge in [0.05, 0.1) is 18.5 Å². The van der Waals surface area contributed by atoms with Crippen LogP contribution < -0.4 is 5.32 Å². The summed E-state index contributed by atoms with van der Waals surface area (Å²) >= 11 is 1.61. The highest BCUT2D eigenvalue weighted by atomic mass is 32.1. The Bertz CT molecular complexity index is 554. The Balaban J connectivity index is 2.03. The average Bonchev–Trinajstić information content (AvgIpc) is 2.81. The van der Waals surface area contributed by atoms with Crippen molar-refractivity contribution in [1.29, 1.82) is 0 Å². The fraction of sp³-hybridized carbons (Fsp3) is 0.308. The molecular weight excluding hydrogens is 262 g/mol. The largest absolute Gasteiger partial charge is 0.453 e. The first-order valence-electron chi connectivity index (χ1n) is 5.90. The van der Waals surface area contributed by atoms with E-state index in [1.54, 1.807) is 17.5 Å². The van der Waals surface area contributed by atoms with E-state index in [1.807, 2.05) is 25.1 Å². The highest BCUT2D eigenvalue weighted by Crippen LogP contribution is 2.26. The van der Waals surface area contributed by atoms with E-state index in [0.29, 0.717) is 6.54 Å². The monoisotopic (exact) mass is 277 g/mol. The first kappa shape index (κ1) is 13.5. The number of hydrogen-bond donors (Lipinski definition) is 1. The summed E-state index contributed by atoms with van der Waals surface area (Å²) in [6.45, 7) is 2.51. The third-order valence-electron chi connectivity index (χ3n) is 2.58. The number of methoxy groups -OCH3 is 1. The number of pyridine rings is 1. The van der Waals surface area contributed by atoms with E-state index in [1.165, 1.54) is 7.11 Å². The number of aryl methyl sites for hydroxylation is 1. The van der Waals surface area contributed by atoms with Crippen molar-refractivity contribution in [2.45, 2.75) is 13.3 Å². The highest BCUT2D eigenvalue weighted by Gasteiger charge is 2.10. The van der Waals surface area contributed by atoms with Crippen molar-refractivity contribution in [2.75, 3.05) is 13.7 Å². The van der Waals surface area contributed by atoms with Crippen molar-refractivity contribution < 1.29 is 9.53 Å². The maximum absolute atomic E-state index is 11.0. The minimum absolute atomic E-state index is 0.410. The Kier molecular flexibility index (Phi) is 4.46. The van der Waals surface area contributed by atoms with Gasteiger partial charge in [0.1, 0.15) is 5.01 Å². The standard InChI is InChI=1S/C13H15N3O2S/c1-9-11(6-8-15-13(17)18-2)19-12(16-9)10-5-3-4-7-14-10/h3-5,7H,6,8H2,1-2H3,(H,15,17). The van der Waals surface area contributed by atoms with Gasteiger partial charge >= 0.3 is 6.09 Å². The third-order valence-corrected chi connectivity index (χ3v) is 3.82. The molecule has 0 aliphatic carbocycles. The van der Waals surface area contributed by atoms with Crippen molar-refractivity contribution in [3.63, 3.8) is 0 Å². The van der Waals surface area contributed by atoms with Gasteiger partial charge in [0, 0.05) is 24.0 Å². The summed E-state index contributed by atoms with van der Waals surface area (Å²) in [4.78, 5) is 20.9. The van der Waals surface area contributed by atoms with Crippen molar-refractivity contribution in [1.82, 2.24) is 15.3 Å². The van der Waals surface area contributed by atoms with Gasteiger partial charge in [0.25, 0.3) is 0 Å². The lowest BCUT2D eigenvalue weighted by Gasteiger charge is -2.01. The minimum Gasteiger partial charge on any atom is -0.453 e. The topological polar surface area (TPSA) is 64.1 Å². The van der Waals surface area contributed by atoms with Gasteiger partial charge in [-0.1, -0.05) is 6.07 Å². The van der Waals surface area contributed by atoms with Gasteiger partial charge in [-0.3, -0.25) is 4.98 Å². The maximum Gasteiger partial charge on any atom is 0.406 e. The van der Waals surface area contributed by atoms with Crippen LogP contribution in [0.2, 0.25) is 0 Å². The van der Waals surface area contributed by atoms with Crippen LogP contribution in [0.4, 0.5) is 4.79 Å². The van der Waals surface area contributed by atoms with Gasteiger partial charge in [0.15, 0.2) is 0 Å². The molecule has 2 heterocycles. The van der Waals surface area contributed by atoms with Gasteiger partial charge < -0.3 is 10.1 Å². The van der Waals surface area contributed by atoms with E-state index >= 15 is 0 Å². The molecule has 0 aromatic carbocycles. The molecule has 0 spiro atoms. The predicted molar refractivity (Wildman–Crippen MR) is 74.2 cm³/mol. The van der Waals surface area contributed by atoms with Crippen LogP contribution in [0.1, 0.15) is 10.6 Å². The minimum atomic E-state index is -0.410. The molecule has 0 aliphatic rings. The molecule has 0 atom stereocenters. The summed E-state index contributed by atoms with van der Waals surface area (Å²) in [7, 11) is 1.35. The quantitative estimate of drug-likeness (QED) is 0.932. The van der Waals surface area contributed by atoms with E-state index in [0.717, 1.165) is 27.7 Å². The number of nitrogens with zero attached hydrogens (tertiary/aromatic N) is 2. The number of nitrogens with one attached hydrogen (secondary N) is 1. The van der Waals surface area contributed by atoms with Crippen molar-refractivity contribution in [3.8, 4) is 10.7 Å². The summed E-state index contributed by atoms with van der Waals surface area (Å²) < 4.78 is 4.52. The maximum atomic E-state index is 11.0. The zero-order valence-electron chi connectivity index (χ0n) is 10.8. The summed E-state index contributed by atoms with van der Waals surface area (Å²) in [5.74, 6) is 0. The highest BCUT2D eigenvalue weighted by molar-refractivity contribution is 7.15. The molecule has 0 radical (unpaired) electrons. The van der Waals surface area contributed by atoms with E-state index in [-0.39, 0.29) is 0 Å². The lowest BCUT2D eigenvalue weighted by molar-refractivity contribution is 0.171. The predicted octanol–water partition coefficient (Wildman–Crippen LogP) is 2.41. The molecule has 2 rings (SSSR count). The fourth-order valence-electron chi connectivity index (χ4n) is 1.61. The molecule has 2 aromatic rings. The molecule has 100 valence electrons. The Morgan fingerprint density at radius 3 is 3.00 bits per heavy atom. The molecule has 0 aliphatic heterocycles. The van der Waals surface area contributed by atoms with Crippen LogP contribution in [-0.4, -0.2) is 29.7 Å². The Morgan fingerprint density at radius 2 is 2.32 bits per heavy atom. The number of carbonyl (C=O) groups is 1. The van der Waals surface area contributed by atoms with Crippen LogP contribution in [-0.2, 0) is 11.2 Å². The van der Waals surface area contributed by atoms with E-state index < -0.39 is 6.09 Å². The number of rotatable bonds is 4. The Hall–Kier alpha value is -1.95. The summed E-state index contributed by atoms with van der Waals surface area (Å²) in [5.41, 5.74) is 1.86. The van der Waals surface area contributed by atoms with Crippen LogP contribution in [0.25, 0.3) is 10.7 Å². The van der Waals surface area contributed by atoms with Gasteiger partial charge in [-0.05, 0) is 19.1 Å². The van der Waals surface area contributed by atoms with Gasteiger partial charge in [-0.25, -0.2) is 9.78 Å². The second kappa shape index (κ2) is 6.29.